The fourth-order valence-electron chi connectivity index (χ4n) is 10.3. The van der Waals surface area contributed by atoms with Crippen LogP contribution >= 0.6 is 0 Å². The van der Waals surface area contributed by atoms with E-state index in [1.54, 1.807) is 13.8 Å². The summed E-state index contributed by atoms with van der Waals surface area (Å²) in [5.74, 6) is 0.407. The highest BCUT2D eigenvalue weighted by molar-refractivity contribution is 5.90. The quantitative estimate of drug-likeness (QED) is 0.254. The first-order valence-corrected chi connectivity index (χ1v) is 16.5. The van der Waals surface area contributed by atoms with Crippen LogP contribution in [0.3, 0.4) is 0 Å². The van der Waals surface area contributed by atoms with Gasteiger partial charge in [-0.25, -0.2) is 0 Å². The maximum Gasteiger partial charge on any atom is 0.152 e. The Morgan fingerprint density at radius 1 is 1.05 bits per heavy atom. The van der Waals surface area contributed by atoms with Gasteiger partial charge in [0.05, 0.1) is 11.7 Å². The molecule has 6 nitrogen and oxygen atoms in total. The van der Waals surface area contributed by atoms with Gasteiger partial charge >= 0.3 is 0 Å². The van der Waals surface area contributed by atoms with Crippen LogP contribution in [0.25, 0.3) is 10.9 Å². The first-order chi connectivity index (χ1) is 20.1. The molecule has 2 saturated heterocycles. The number of allylic oxidation sites excluding steroid dienone is 4. The highest BCUT2D eigenvalue weighted by atomic mass is 16.7. The van der Waals surface area contributed by atoms with Crippen molar-refractivity contribution in [1.29, 1.82) is 0 Å². The third kappa shape index (κ3) is 3.71. The standard InChI is InChI=1S/C37H51NO5/c1-20(2)9-11-22-12-14-26-28(24(22)13-10-21(3)4)25-19-23-15-18-36(41)34(7,35(23,8)30(25)38-26)17-16-27-37(36)32(43-37)29(39)31(42-27)33(5,6)40/h9-10,12,14,23,27,29,31-32,38-41H,11,13,15-19H2,1-8H3/t23-,27-,29+,31-,32+,34+,35+,36-,37-/m0/s1. The van der Waals surface area contributed by atoms with Crippen LogP contribution in [0.4, 0.5) is 0 Å². The Hall–Kier alpha value is -1.96. The van der Waals surface area contributed by atoms with Gasteiger partial charge in [-0.2, -0.15) is 0 Å². The Morgan fingerprint density at radius 3 is 2.42 bits per heavy atom. The highest BCUT2D eigenvalue weighted by Crippen LogP contribution is 2.75. The summed E-state index contributed by atoms with van der Waals surface area (Å²) < 4.78 is 12.9. The largest absolute Gasteiger partial charge is 0.388 e. The van der Waals surface area contributed by atoms with Crippen LogP contribution in [-0.2, 0) is 34.2 Å². The molecule has 0 unspecified atom stereocenters. The van der Waals surface area contributed by atoms with Crippen LogP contribution in [0.1, 0.15) is 103 Å². The van der Waals surface area contributed by atoms with Gasteiger partial charge in [-0.1, -0.05) is 43.2 Å². The predicted molar refractivity (Wildman–Crippen MR) is 169 cm³/mol. The smallest absolute Gasteiger partial charge is 0.152 e. The number of aliphatic hydroxyl groups is 3. The molecular formula is C37H51NO5. The molecule has 5 aliphatic rings. The topological polar surface area (TPSA) is 98.2 Å². The number of benzene rings is 1. The molecule has 9 atom stereocenters. The summed E-state index contributed by atoms with van der Waals surface area (Å²) in [5.41, 5.74) is 5.27. The molecule has 0 amide bonds. The van der Waals surface area contributed by atoms with E-state index in [1.807, 2.05) is 0 Å². The zero-order chi connectivity index (χ0) is 30.9. The molecule has 0 radical (unpaired) electrons. The monoisotopic (exact) mass is 589 g/mol. The summed E-state index contributed by atoms with van der Waals surface area (Å²) in [5, 5.41) is 36.5. The van der Waals surface area contributed by atoms with Crippen molar-refractivity contribution in [2.75, 3.05) is 0 Å². The second kappa shape index (κ2) is 9.29. The molecule has 0 bridgehead atoms. The summed E-state index contributed by atoms with van der Waals surface area (Å²) in [6.45, 7) is 16.7. The molecule has 43 heavy (non-hydrogen) atoms. The molecule has 2 aromatic rings. The highest BCUT2D eigenvalue weighted by Gasteiger charge is 2.86. The number of ether oxygens (including phenoxy) is 2. The van der Waals surface area contributed by atoms with E-state index in [4.69, 9.17) is 9.47 Å². The zero-order valence-electron chi connectivity index (χ0n) is 27.3. The Bertz CT molecular complexity index is 1540. The maximum absolute atomic E-state index is 13.0. The lowest BCUT2D eigenvalue weighted by atomic mass is 9.40. The SMILES string of the molecule is CC(C)=CCc1ccc2[nH]c3c(c2c1CC=C(C)C)C[C@@H]1CC[C@@]2(O)[C@@]45O[C@@H]4[C@H](O)[C@@H](C(C)(C)O)O[C@H]5CC[C@]2(C)[C@@]31C. The number of fused-ring (bicyclic) bond motifs is 7. The van der Waals surface area contributed by atoms with Crippen LogP contribution in [-0.4, -0.2) is 61.5 Å². The number of aromatic nitrogens is 1. The van der Waals surface area contributed by atoms with Crippen molar-refractivity contribution in [3.63, 3.8) is 0 Å². The maximum atomic E-state index is 13.0. The van der Waals surface area contributed by atoms with Crippen molar-refractivity contribution < 1.29 is 24.8 Å². The minimum absolute atomic E-state index is 0.295. The minimum Gasteiger partial charge on any atom is -0.388 e. The van der Waals surface area contributed by atoms with E-state index in [2.05, 4.69) is 70.8 Å². The molecule has 1 spiro atoms. The average molecular weight is 590 g/mol. The Balaban J connectivity index is 1.35. The molecule has 234 valence electrons. The van der Waals surface area contributed by atoms with Crippen LogP contribution in [0.2, 0.25) is 0 Å². The van der Waals surface area contributed by atoms with E-state index in [0.29, 0.717) is 12.3 Å². The summed E-state index contributed by atoms with van der Waals surface area (Å²) >= 11 is 0. The Kier molecular flexibility index (Phi) is 6.43. The first-order valence-electron chi connectivity index (χ1n) is 16.5. The number of aromatic amines is 1. The van der Waals surface area contributed by atoms with Gasteiger partial charge in [0.15, 0.2) is 5.60 Å². The van der Waals surface area contributed by atoms with Gasteiger partial charge < -0.3 is 29.8 Å². The van der Waals surface area contributed by atoms with Gasteiger partial charge in [-0.3, -0.25) is 0 Å². The van der Waals surface area contributed by atoms with E-state index in [-0.39, 0.29) is 11.5 Å². The number of hydrogen-bond acceptors (Lipinski definition) is 5. The number of epoxide rings is 1. The number of hydrogen-bond donors (Lipinski definition) is 4. The molecule has 1 aromatic heterocycles. The molecule has 2 aliphatic heterocycles. The average Bonchev–Trinajstić information content (AvgIpc) is 3.50. The van der Waals surface area contributed by atoms with Crippen LogP contribution < -0.4 is 0 Å². The second-order valence-corrected chi connectivity index (χ2v) is 16.0. The second-order valence-electron chi connectivity index (χ2n) is 16.0. The van der Waals surface area contributed by atoms with Crippen molar-refractivity contribution in [2.45, 2.75) is 147 Å². The zero-order valence-corrected chi connectivity index (χ0v) is 27.3. The van der Waals surface area contributed by atoms with Crippen LogP contribution in [0, 0.1) is 11.3 Å². The summed E-state index contributed by atoms with van der Waals surface area (Å²) in [4.78, 5) is 3.94. The Labute approximate surface area is 256 Å². The van der Waals surface area contributed by atoms with E-state index < -0.39 is 40.5 Å². The van der Waals surface area contributed by atoms with Crippen molar-refractivity contribution in [1.82, 2.24) is 4.98 Å². The van der Waals surface area contributed by atoms with E-state index >= 15 is 0 Å². The van der Waals surface area contributed by atoms with Gasteiger partial charge in [-0.05, 0) is 115 Å². The predicted octanol–water partition coefficient (Wildman–Crippen LogP) is 5.98. The third-order valence-corrected chi connectivity index (χ3v) is 12.8. The molecule has 3 aliphatic carbocycles. The van der Waals surface area contributed by atoms with Crippen molar-refractivity contribution >= 4 is 10.9 Å². The van der Waals surface area contributed by atoms with Crippen molar-refractivity contribution in [3.05, 3.63) is 57.8 Å². The van der Waals surface area contributed by atoms with Gasteiger partial charge in [0.2, 0.25) is 0 Å². The van der Waals surface area contributed by atoms with Crippen LogP contribution in [0.5, 0.6) is 0 Å². The lowest BCUT2D eigenvalue weighted by Crippen LogP contribution is -2.76. The summed E-state index contributed by atoms with van der Waals surface area (Å²) in [7, 11) is 0. The minimum atomic E-state index is -1.21. The van der Waals surface area contributed by atoms with E-state index in [9.17, 15) is 15.3 Å². The lowest BCUT2D eigenvalue weighted by molar-refractivity contribution is -0.280. The molecule has 3 heterocycles. The van der Waals surface area contributed by atoms with Crippen molar-refractivity contribution in [2.24, 2.45) is 11.3 Å². The van der Waals surface area contributed by atoms with Gasteiger partial charge in [0.1, 0.15) is 23.9 Å². The molecule has 4 fully saturated rings. The van der Waals surface area contributed by atoms with Gasteiger partial charge in [-0.15, -0.1) is 0 Å². The van der Waals surface area contributed by atoms with Crippen LogP contribution in [0.15, 0.2) is 35.4 Å². The molecule has 4 N–H and O–H groups in total. The fourth-order valence-corrected chi connectivity index (χ4v) is 10.3. The third-order valence-electron chi connectivity index (χ3n) is 12.8. The van der Waals surface area contributed by atoms with E-state index in [0.717, 1.165) is 38.5 Å². The van der Waals surface area contributed by atoms with Gasteiger partial charge in [0.25, 0.3) is 0 Å². The Morgan fingerprint density at radius 2 is 1.74 bits per heavy atom. The number of rotatable bonds is 5. The van der Waals surface area contributed by atoms with E-state index in [1.165, 1.54) is 44.4 Å². The summed E-state index contributed by atoms with van der Waals surface area (Å²) in [6, 6.07) is 4.56. The normalized spacial score (nSPS) is 41.0. The van der Waals surface area contributed by atoms with Gasteiger partial charge in [0, 0.05) is 27.4 Å². The molecule has 6 heteroatoms. The first kappa shape index (κ1) is 29.7. The van der Waals surface area contributed by atoms with Crippen molar-refractivity contribution in [3.8, 4) is 0 Å². The number of H-pyrrole nitrogens is 1. The molecule has 1 aromatic carbocycles. The number of aliphatic hydroxyl groups excluding tert-OH is 1. The molecular weight excluding hydrogens is 538 g/mol. The summed E-state index contributed by atoms with van der Waals surface area (Å²) in [6.07, 6.45) is 7.94. The lowest BCUT2D eigenvalue weighted by Gasteiger charge is -2.66. The number of nitrogens with one attached hydrogen (secondary N) is 1. The molecule has 7 rings (SSSR count). The molecule has 2 saturated carbocycles. The fraction of sp³-hybridized carbons (Fsp3) is 0.676.